The minimum absolute atomic E-state index is 0.0373. The maximum Gasteiger partial charge on any atom is 0.179 e. The van der Waals surface area contributed by atoms with Crippen LogP contribution in [0.25, 0.3) is 0 Å². The number of nitrogens with zero attached hydrogens (tertiary/aromatic N) is 2. The lowest BCUT2D eigenvalue weighted by atomic mass is 10.0. The lowest BCUT2D eigenvalue weighted by Gasteiger charge is -2.33. The lowest BCUT2D eigenvalue weighted by molar-refractivity contribution is -0.0109. The van der Waals surface area contributed by atoms with Crippen LogP contribution in [-0.4, -0.2) is 42.5 Å². The van der Waals surface area contributed by atoms with E-state index in [4.69, 9.17) is 21.6 Å². The molecular weight excluding hydrogens is 264 g/mol. The third-order valence-electron chi connectivity index (χ3n) is 3.30. The highest BCUT2D eigenvalue weighted by atomic mass is 35.5. The average Bonchev–Trinajstić information content (AvgIpc) is 2.46. The molecule has 1 aromatic carbocycles. The number of benzene rings is 1. The fraction of sp³-hybridized carbons (Fsp3) is 0.429. The molecule has 0 saturated carbocycles. The molecule has 0 aliphatic carbocycles. The van der Waals surface area contributed by atoms with Crippen molar-refractivity contribution in [3.05, 3.63) is 34.9 Å². The number of halogens is 1. The van der Waals surface area contributed by atoms with Gasteiger partial charge in [0.05, 0.1) is 18.7 Å². The molecule has 0 amide bonds. The summed E-state index contributed by atoms with van der Waals surface area (Å²) in [5, 5.41) is 9.49. The molecule has 2 unspecified atom stereocenters. The van der Waals surface area contributed by atoms with Gasteiger partial charge in [-0.15, -0.1) is 0 Å². The molecule has 1 saturated heterocycles. The van der Waals surface area contributed by atoms with E-state index >= 15 is 0 Å². The smallest absolute Gasteiger partial charge is 0.179 e. The first kappa shape index (κ1) is 14.0. The number of ketones is 1. The van der Waals surface area contributed by atoms with Gasteiger partial charge >= 0.3 is 0 Å². The number of ether oxygens (including phenoxy) is 1. The minimum atomic E-state index is -0.450. The van der Waals surface area contributed by atoms with Crippen LogP contribution in [0.2, 0.25) is 5.02 Å². The van der Waals surface area contributed by atoms with E-state index in [1.54, 1.807) is 24.3 Å². The van der Waals surface area contributed by atoms with Crippen molar-refractivity contribution in [3.63, 3.8) is 0 Å². The number of nitriles is 1. The highest BCUT2D eigenvalue weighted by molar-refractivity contribution is 6.30. The largest absolute Gasteiger partial charge is 0.361 e. The maximum absolute atomic E-state index is 12.3. The van der Waals surface area contributed by atoms with E-state index in [-0.39, 0.29) is 11.8 Å². The quantitative estimate of drug-likeness (QED) is 0.795. The van der Waals surface area contributed by atoms with Crippen LogP contribution in [0.5, 0.6) is 0 Å². The second-order valence-corrected chi connectivity index (χ2v) is 4.97. The Morgan fingerprint density at radius 1 is 1.53 bits per heavy atom. The predicted molar refractivity (Wildman–Crippen MR) is 72.2 cm³/mol. The van der Waals surface area contributed by atoms with Gasteiger partial charge in [0.25, 0.3) is 0 Å². The molecule has 19 heavy (non-hydrogen) atoms. The zero-order valence-electron chi connectivity index (χ0n) is 10.7. The summed E-state index contributed by atoms with van der Waals surface area (Å²) in [6, 6.07) is 8.68. The van der Waals surface area contributed by atoms with Gasteiger partial charge in [0, 0.05) is 23.7 Å². The zero-order valence-corrected chi connectivity index (χ0v) is 11.4. The molecule has 1 aliphatic rings. The first-order chi connectivity index (χ1) is 9.11. The van der Waals surface area contributed by atoms with E-state index in [2.05, 4.69) is 6.07 Å². The first-order valence-electron chi connectivity index (χ1n) is 6.17. The van der Waals surface area contributed by atoms with Gasteiger partial charge in [-0.2, -0.15) is 5.26 Å². The number of Topliss-reactive ketones (excluding diaryl/α,β-unsaturated/α-hetero) is 1. The van der Waals surface area contributed by atoms with Crippen molar-refractivity contribution in [3.8, 4) is 6.07 Å². The summed E-state index contributed by atoms with van der Waals surface area (Å²) < 4.78 is 5.28. The van der Waals surface area contributed by atoms with E-state index in [0.717, 1.165) is 0 Å². The molecule has 1 aliphatic heterocycles. The maximum atomic E-state index is 12.3. The SMILES string of the molecule is CC(C(=O)c1ccc(Cl)cc1)N1CCOC(C#N)C1. The standard InChI is InChI=1S/C14H15ClN2O2/c1-10(17-6-7-19-13(8-16)9-17)14(18)11-2-4-12(15)5-3-11/h2-5,10,13H,6-7,9H2,1H3. The number of hydrogen-bond donors (Lipinski definition) is 0. The second kappa shape index (κ2) is 6.16. The highest BCUT2D eigenvalue weighted by Crippen LogP contribution is 2.15. The lowest BCUT2D eigenvalue weighted by Crippen LogP contribution is -2.49. The third-order valence-corrected chi connectivity index (χ3v) is 3.55. The van der Waals surface area contributed by atoms with Crippen molar-refractivity contribution < 1.29 is 9.53 Å². The fourth-order valence-corrected chi connectivity index (χ4v) is 2.25. The molecule has 0 bridgehead atoms. The Bertz CT molecular complexity index is 495. The Kier molecular flexibility index (Phi) is 4.54. The summed E-state index contributed by atoms with van der Waals surface area (Å²) in [7, 11) is 0. The highest BCUT2D eigenvalue weighted by Gasteiger charge is 2.28. The molecule has 0 radical (unpaired) electrons. The molecule has 1 aromatic rings. The van der Waals surface area contributed by atoms with Gasteiger partial charge in [-0.25, -0.2) is 0 Å². The topological polar surface area (TPSA) is 53.3 Å². The number of rotatable bonds is 3. The van der Waals surface area contributed by atoms with Gasteiger partial charge < -0.3 is 4.74 Å². The summed E-state index contributed by atoms with van der Waals surface area (Å²) in [5.74, 6) is 0.0373. The van der Waals surface area contributed by atoms with Gasteiger partial charge in [0.2, 0.25) is 0 Å². The Labute approximate surface area is 117 Å². The Hall–Kier alpha value is -1.41. The molecule has 2 atom stereocenters. The molecule has 4 nitrogen and oxygen atoms in total. The van der Waals surface area contributed by atoms with E-state index in [9.17, 15) is 4.79 Å². The van der Waals surface area contributed by atoms with E-state index < -0.39 is 6.10 Å². The van der Waals surface area contributed by atoms with Crippen LogP contribution >= 0.6 is 11.6 Å². The van der Waals surface area contributed by atoms with Gasteiger partial charge in [-0.1, -0.05) is 11.6 Å². The Morgan fingerprint density at radius 3 is 2.84 bits per heavy atom. The normalized spacial score (nSPS) is 21.6. The Morgan fingerprint density at radius 2 is 2.21 bits per heavy atom. The van der Waals surface area contributed by atoms with Gasteiger partial charge in [-0.3, -0.25) is 9.69 Å². The van der Waals surface area contributed by atoms with Crippen molar-refractivity contribution in [2.75, 3.05) is 19.7 Å². The van der Waals surface area contributed by atoms with E-state index in [0.29, 0.717) is 30.3 Å². The number of carbonyl (C=O) groups is 1. The van der Waals surface area contributed by atoms with Crippen molar-refractivity contribution in [2.45, 2.75) is 19.1 Å². The van der Waals surface area contributed by atoms with Crippen LogP contribution in [-0.2, 0) is 4.74 Å². The molecule has 100 valence electrons. The van der Waals surface area contributed by atoms with Crippen LogP contribution in [0.1, 0.15) is 17.3 Å². The molecule has 0 aromatic heterocycles. The van der Waals surface area contributed by atoms with Crippen LogP contribution in [0.15, 0.2) is 24.3 Å². The van der Waals surface area contributed by atoms with Gasteiger partial charge in [0.15, 0.2) is 11.9 Å². The summed E-state index contributed by atoms with van der Waals surface area (Å²) >= 11 is 5.81. The van der Waals surface area contributed by atoms with Crippen molar-refractivity contribution in [1.29, 1.82) is 5.26 Å². The molecule has 1 heterocycles. The van der Waals surface area contributed by atoms with Crippen LogP contribution in [0.3, 0.4) is 0 Å². The van der Waals surface area contributed by atoms with Crippen LogP contribution in [0.4, 0.5) is 0 Å². The zero-order chi connectivity index (χ0) is 13.8. The van der Waals surface area contributed by atoms with E-state index in [1.165, 1.54) is 0 Å². The molecule has 2 rings (SSSR count). The first-order valence-corrected chi connectivity index (χ1v) is 6.54. The average molecular weight is 279 g/mol. The monoisotopic (exact) mass is 278 g/mol. The third kappa shape index (κ3) is 3.32. The summed E-state index contributed by atoms with van der Waals surface area (Å²) in [5.41, 5.74) is 0.636. The summed E-state index contributed by atoms with van der Waals surface area (Å²) in [6.07, 6.45) is -0.450. The molecule has 5 heteroatoms. The summed E-state index contributed by atoms with van der Waals surface area (Å²) in [6.45, 7) is 3.48. The van der Waals surface area contributed by atoms with Crippen molar-refractivity contribution in [2.24, 2.45) is 0 Å². The molecular formula is C14H15ClN2O2. The number of hydrogen-bond acceptors (Lipinski definition) is 4. The molecule has 0 N–H and O–H groups in total. The van der Waals surface area contributed by atoms with E-state index in [1.807, 2.05) is 11.8 Å². The molecule has 0 spiro atoms. The Balaban J connectivity index is 2.06. The minimum Gasteiger partial charge on any atom is -0.361 e. The predicted octanol–water partition coefficient (Wildman–Crippen LogP) is 2.14. The van der Waals surface area contributed by atoms with Gasteiger partial charge in [0.1, 0.15) is 0 Å². The molecule has 1 fully saturated rings. The van der Waals surface area contributed by atoms with Crippen molar-refractivity contribution >= 4 is 17.4 Å². The van der Waals surface area contributed by atoms with Gasteiger partial charge in [-0.05, 0) is 31.2 Å². The number of carbonyl (C=O) groups excluding carboxylic acids is 1. The second-order valence-electron chi connectivity index (χ2n) is 4.53. The number of morpholine rings is 1. The summed E-state index contributed by atoms with van der Waals surface area (Å²) in [4.78, 5) is 14.3. The van der Waals surface area contributed by atoms with Crippen LogP contribution in [0, 0.1) is 11.3 Å². The van der Waals surface area contributed by atoms with Crippen LogP contribution < -0.4 is 0 Å². The fourth-order valence-electron chi connectivity index (χ4n) is 2.12. The van der Waals surface area contributed by atoms with Crippen molar-refractivity contribution in [1.82, 2.24) is 4.90 Å².